The number of aliphatic carboxylic acids is 1. The van der Waals surface area contributed by atoms with E-state index in [4.69, 9.17) is 21.1 Å². The number of halogens is 4. The Morgan fingerprint density at radius 1 is 1.05 bits per heavy atom. The quantitative estimate of drug-likeness (QED) is 0.214. The topological polar surface area (TPSA) is 80.6 Å². The first-order valence-electron chi connectivity index (χ1n) is 12.9. The number of rotatable bonds is 9. The summed E-state index contributed by atoms with van der Waals surface area (Å²) in [6.07, 6.45) is -0.907. The summed E-state index contributed by atoms with van der Waals surface area (Å²) >= 11 is 6.34. The molecule has 0 fully saturated rings. The number of carbonyl (C=O) groups excluding carboxylic acids is 2. The molecule has 4 aromatic rings. The van der Waals surface area contributed by atoms with Gasteiger partial charge in [0.15, 0.2) is 5.78 Å². The van der Waals surface area contributed by atoms with Crippen molar-refractivity contribution >= 4 is 23.4 Å². The predicted molar refractivity (Wildman–Crippen MR) is 144 cm³/mol. The van der Waals surface area contributed by atoms with Crippen LogP contribution in [0.1, 0.15) is 52.4 Å². The van der Waals surface area contributed by atoms with Crippen LogP contribution < -0.4 is 44.1 Å². The summed E-state index contributed by atoms with van der Waals surface area (Å²) in [5.74, 6) is -0.944. The number of carbonyl (C=O) groups is 2. The van der Waals surface area contributed by atoms with Gasteiger partial charge in [-0.25, -0.2) is 0 Å². The number of aromatic nitrogens is 1. The van der Waals surface area contributed by atoms with Crippen molar-refractivity contribution < 1.29 is 66.9 Å². The Bertz CT molecular complexity index is 1570. The zero-order valence-corrected chi connectivity index (χ0v) is 25.4. The summed E-state index contributed by atoms with van der Waals surface area (Å²) in [5, 5.41) is 11.7. The Morgan fingerprint density at radius 2 is 1.76 bits per heavy atom. The Labute approximate surface area is 267 Å². The van der Waals surface area contributed by atoms with E-state index in [1.165, 1.54) is 18.2 Å². The third kappa shape index (κ3) is 7.21. The predicted octanol–water partition coefficient (Wildman–Crippen LogP) is 3.77. The van der Waals surface area contributed by atoms with Crippen LogP contribution in [0, 0.1) is 0 Å². The first-order valence-corrected chi connectivity index (χ1v) is 13.3. The maximum absolute atomic E-state index is 12.9. The third-order valence-electron chi connectivity index (χ3n) is 6.94. The van der Waals surface area contributed by atoms with E-state index >= 15 is 0 Å². The first-order chi connectivity index (χ1) is 19.6. The Morgan fingerprint density at radius 3 is 2.43 bits per heavy atom. The van der Waals surface area contributed by atoms with E-state index in [-0.39, 0.29) is 53.4 Å². The van der Waals surface area contributed by atoms with E-state index in [9.17, 15) is 27.9 Å². The van der Waals surface area contributed by atoms with Crippen LogP contribution in [0.15, 0.2) is 79.0 Å². The second kappa shape index (κ2) is 13.4. The average Bonchev–Trinajstić information content (AvgIpc) is 3.41. The van der Waals surface area contributed by atoms with Crippen molar-refractivity contribution in [3.05, 3.63) is 106 Å². The number of aryl methyl sites for hydroxylation is 1. The summed E-state index contributed by atoms with van der Waals surface area (Å²) in [7, 11) is 0. The molecule has 1 atom stereocenters. The summed E-state index contributed by atoms with van der Waals surface area (Å²) in [6, 6.07) is 18.3. The molecule has 1 aliphatic rings. The standard InChI is InChI=1S/C31H25ClF3NO5.Na/c32-26-17-25-24(30(38)39)14-16-40-28(25)18-29(26)41-23-12-6-19(7-13-23)27(37)5-1-3-21-4-2-15-36(21)22-10-8-20(9-11-22)31(33,34)35;/h2,4,6-13,15,17-18,24H,1,3,5,14,16H2,(H,38,39);/q;+1/p-1. The van der Waals surface area contributed by atoms with Gasteiger partial charge >= 0.3 is 35.7 Å². The fourth-order valence-corrected chi connectivity index (χ4v) is 5.02. The number of hydrogen-bond acceptors (Lipinski definition) is 5. The van der Waals surface area contributed by atoms with Crippen molar-refractivity contribution in [2.75, 3.05) is 6.61 Å². The SMILES string of the molecule is O=C(CCCc1cccn1-c1ccc(C(F)(F)F)cc1)c1ccc(Oc2cc3c(cc2Cl)C(C(=O)[O-])CCO3)cc1.[Na+]. The van der Waals surface area contributed by atoms with E-state index in [0.29, 0.717) is 53.3 Å². The van der Waals surface area contributed by atoms with Crippen LogP contribution >= 0.6 is 11.6 Å². The molecular weight excluding hydrogens is 582 g/mol. The molecule has 212 valence electrons. The zero-order valence-electron chi connectivity index (χ0n) is 22.6. The van der Waals surface area contributed by atoms with Crippen LogP contribution in [0.4, 0.5) is 13.2 Å². The zero-order chi connectivity index (χ0) is 29.1. The molecule has 1 aliphatic heterocycles. The Kier molecular flexibility index (Phi) is 10.1. The van der Waals surface area contributed by atoms with Crippen LogP contribution in [-0.4, -0.2) is 22.9 Å². The van der Waals surface area contributed by atoms with Crippen LogP contribution in [0.5, 0.6) is 17.2 Å². The minimum atomic E-state index is -4.39. The number of ketones is 1. The Hall–Kier alpha value is -3.24. The molecule has 0 amide bonds. The normalized spacial score (nSPS) is 14.3. The van der Waals surface area contributed by atoms with E-state index in [2.05, 4.69) is 0 Å². The van der Waals surface area contributed by atoms with Crippen molar-refractivity contribution in [3.63, 3.8) is 0 Å². The number of fused-ring (bicyclic) bond motifs is 1. The molecule has 2 heterocycles. The number of carboxylic acids is 1. The molecule has 0 saturated heterocycles. The smallest absolute Gasteiger partial charge is 0.549 e. The number of nitrogens with zero attached hydrogens (tertiary/aromatic N) is 1. The summed E-state index contributed by atoms with van der Waals surface area (Å²) < 4.78 is 51.9. The largest absolute Gasteiger partial charge is 1.00 e. The van der Waals surface area contributed by atoms with Gasteiger partial charge in [-0.1, -0.05) is 11.6 Å². The molecule has 11 heteroatoms. The average molecular weight is 606 g/mol. The molecule has 5 rings (SSSR count). The van der Waals surface area contributed by atoms with Crippen LogP contribution in [0.25, 0.3) is 5.69 Å². The molecule has 0 radical (unpaired) electrons. The van der Waals surface area contributed by atoms with Crippen molar-refractivity contribution in [2.45, 2.75) is 37.8 Å². The van der Waals surface area contributed by atoms with Gasteiger partial charge < -0.3 is 23.9 Å². The van der Waals surface area contributed by atoms with Gasteiger partial charge in [-0.2, -0.15) is 13.2 Å². The summed E-state index contributed by atoms with van der Waals surface area (Å²) in [5.41, 5.74) is 1.75. The van der Waals surface area contributed by atoms with E-state index in [1.54, 1.807) is 36.5 Å². The minimum absolute atomic E-state index is 0. The number of carboxylic acid groups (broad SMARTS) is 1. The summed E-state index contributed by atoms with van der Waals surface area (Å²) in [4.78, 5) is 24.2. The molecule has 1 unspecified atom stereocenters. The van der Waals surface area contributed by atoms with Gasteiger partial charge in [0.2, 0.25) is 0 Å². The first kappa shape index (κ1) is 31.7. The molecular formula is C31H24ClF3NNaO5. The van der Waals surface area contributed by atoms with Gasteiger partial charge in [-0.05, 0) is 86.0 Å². The maximum atomic E-state index is 12.9. The second-order valence-electron chi connectivity index (χ2n) is 9.65. The molecule has 0 saturated carbocycles. The molecule has 42 heavy (non-hydrogen) atoms. The number of ether oxygens (including phenoxy) is 2. The number of alkyl halides is 3. The summed E-state index contributed by atoms with van der Waals surface area (Å²) in [6.45, 7) is 0.240. The molecule has 0 spiro atoms. The fourth-order valence-electron chi connectivity index (χ4n) is 4.81. The minimum Gasteiger partial charge on any atom is -0.549 e. The van der Waals surface area contributed by atoms with Gasteiger partial charge in [-0.3, -0.25) is 4.79 Å². The molecule has 3 aromatic carbocycles. The molecule has 6 nitrogen and oxygen atoms in total. The van der Waals surface area contributed by atoms with E-state index in [1.807, 2.05) is 16.7 Å². The van der Waals surface area contributed by atoms with Crippen molar-refractivity contribution in [3.8, 4) is 22.9 Å². The molecule has 0 N–H and O–H groups in total. The molecule has 1 aromatic heterocycles. The van der Waals surface area contributed by atoms with Crippen molar-refractivity contribution in [1.29, 1.82) is 0 Å². The van der Waals surface area contributed by atoms with Crippen molar-refractivity contribution in [2.24, 2.45) is 0 Å². The Balaban J connectivity index is 0.00000405. The van der Waals surface area contributed by atoms with Gasteiger partial charge in [-0.15, -0.1) is 0 Å². The number of Topliss-reactive ketones (excluding diaryl/α,β-unsaturated/α-hetero) is 1. The van der Waals surface area contributed by atoms with Gasteiger partial charge in [0, 0.05) is 53.1 Å². The molecule has 0 aliphatic carbocycles. The van der Waals surface area contributed by atoms with Crippen molar-refractivity contribution in [1.82, 2.24) is 4.57 Å². The van der Waals surface area contributed by atoms with E-state index in [0.717, 1.165) is 17.8 Å². The van der Waals surface area contributed by atoms with Gasteiger partial charge in [0.1, 0.15) is 17.2 Å². The van der Waals surface area contributed by atoms with Crippen LogP contribution in [0.2, 0.25) is 5.02 Å². The second-order valence-corrected chi connectivity index (χ2v) is 10.1. The fraction of sp³-hybridized carbons (Fsp3) is 0.226. The van der Waals surface area contributed by atoms with E-state index < -0.39 is 23.6 Å². The van der Waals surface area contributed by atoms with Gasteiger partial charge in [0.25, 0.3) is 0 Å². The van der Waals surface area contributed by atoms with Crippen LogP contribution in [-0.2, 0) is 17.4 Å². The maximum Gasteiger partial charge on any atom is 1.00 e. The molecule has 0 bridgehead atoms. The third-order valence-corrected chi connectivity index (χ3v) is 7.23. The van der Waals surface area contributed by atoms with Crippen LogP contribution in [0.3, 0.4) is 0 Å². The number of benzene rings is 3. The van der Waals surface area contributed by atoms with Gasteiger partial charge in [0.05, 0.1) is 17.2 Å². The monoisotopic (exact) mass is 605 g/mol. The number of hydrogen-bond donors (Lipinski definition) is 0.